The Labute approximate surface area is 167 Å². The Morgan fingerprint density at radius 1 is 1.12 bits per heavy atom. The molecule has 2 N–H and O–H groups in total. The minimum absolute atomic E-state index is 0. The van der Waals surface area contributed by atoms with Crippen molar-refractivity contribution in [3.63, 3.8) is 0 Å². The predicted molar refractivity (Wildman–Crippen MR) is 114 cm³/mol. The minimum Gasteiger partial charge on any atom is -0.490 e. The molecule has 0 unspecified atom stereocenters. The molecule has 0 spiro atoms. The second-order valence-corrected chi connectivity index (χ2v) is 6.14. The fraction of sp³-hybridized carbons (Fsp3) is 0.368. The molecule has 0 saturated heterocycles. The SMILES string of the molecule is CN=C(NCCOc1cccnc1)NCC(C)(C)c1ccccc1.I. The summed E-state index contributed by atoms with van der Waals surface area (Å²) in [5.41, 5.74) is 1.32. The standard InChI is InChI=1S/C19H26N4O.HI/c1-19(2,16-8-5-4-6-9-16)15-23-18(20-3)22-12-13-24-17-10-7-11-21-14-17;/h4-11,14H,12-13,15H2,1-3H3,(H2,20,22,23);1H. The highest BCUT2D eigenvalue weighted by molar-refractivity contribution is 14.0. The van der Waals surface area contributed by atoms with E-state index in [1.165, 1.54) is 5.56 Å². The van der Waals surface area contributed by atoms with E-state index in [0.717, 1.165) is 18.3 Å². The van der Waals surface area contributed by atoms with Crippen LogP contribution in [0.3, 0.4) is 0 Å². The highest BCUT2D eigenvalue weighted by atomic mass is 127. The average Bonchev–Trinajstić information content (AvgIpc) is 2.63. The summed E-state index contributed by atoms with van der Waals surface area (Å²) in [6, 6.07) is 14.2. The zero-order valence-electron chi connectivity index (χ0n) is 15.0. The molecule has 0 aliphatic carbocycles. The van der Waals surface area contributed by atoms with Crippen LogP contribution in [0.25, 0.3) is 0 Å². The Morgan fingerprint density at radius 2 is 1.88 bits per heavy atom. The summed E-state index contributed by atoms with van der Waals surface area (Å²) in [6.45, 7) is 6.44. The molecule has 6 heteroatoms. The first-order valence-electron chi connectivity index (χ1n) is 8.15. The number of ether oxygens (including phenoxy) is 1. The molecule has 0 aliphatic heterocycles. The van der Waals surface area contributed by atoms with Gasteiger partial charge in [0.25, 0.3) is 0 Å². The van der Waals surface area contributed by atoms with Crippen LogP contribution in [-0.4, -0.2) is 37.7 Å². The molecule has 1 aromatic carbocycles. The van der Waals surface area contributed by atoms with Crippen molar-refractivity contribution in [2.75, 3.05) is 26.7 Å². The van der Waals surface area contributed by atoms with Crippen LogP contribution in [0.1, 0.15) is 19.4 Å². The van der Waals surface area contributed by atoms with Gasteiger partial charge in [-0.3, -0.25) is 9.98 Å². The van der Waals surface area contributed by atoms with Gasteiger partial charge in [-0.2, -0.15) is 0 Å². The number of nitrogens with zero attached hydrogens (tertiary/aromatic N) is 2. The van der Waals surface area contributed by atoms with Crippen molar-refractivity contribution in [2.24, 2.45) is 4.99 Å². The van der Waals surface area contributed by atoms with Gasteiger partial charge in [0, 0.05) is 25.2 Å². The van der Waals surface area contributed by atoms with E-state index in [-0.39, 0.29) is 29.4 Å². The number of guanidine groups is 1. The maximum absolute atomic E-state index is 5.61. The molecule has 0 radical (unpaired) electrons. The molecule has 0 bridgehead atoms. The van der Waals surface area contributed by atoms with Crippen molar-refractivity contribution in [2.45, 2.75) is 19.3 Å². The fourth-order valence-electron chi connectivity index (χ4n) is 2.29. The molecule has 25 heavy (non-hydrogen) atoms. The normalized spacial score (nSPS) is 11.4. The van der Waals surface area contributed by atoms with Crippen molar-refractivity contribution in [1.29, 1.82) is 0 Å². The molecule has 0 aliphatic rings. The summed E-state index contributed by atoms with van der Waals surface area (Å²) in [5.74, 6) is 1.54. The summed E-state index contributed by atoms with van der Waals surface area (Å²) in [4.78, 5) is 8.27. The number of halogens is 1. The largest absolute Gasteiger partial charge is 0.490 e. The number of hydrogen-bond donors (Lipinski definition) is 2. The van der Waals surface area contributed by atoms with Crippen LogP contribution in [-0.2, 0) is 5.41 Å². The second-order valence-electron chi connectivity index (χ2n) is 6.14. The van der Waals surface area contributed by atoms with Gasteiger partial charge in [-0.25, -0.2) is 0 Å². The molecule has 0 amide bonds. The number of benzene rings is 1. The predicted octanol–water partition coefficient (Wildman–Crippen LogP) is 3.22. The van der Waals surface area contributed by atoms with Crippen LogP contribution >= 0.6 is 24.0 Å². The van der Waals surface area contributed by atoms with Gasteiger partial charge in [0.15, 0.2) is 5.96 Å². The summed E-state index contributed by atoms with van der Waals surface area (Å²) < 4.78 is 5.61. The third-order valence-corrected chi connectivity index (χ3v) is 3.77. The molecule has 0 atom stereocenters. The van der Waals surface area contributed by atoms with E-state index in [9.17, 15) is 0 Å². The maximum atomic E-state index is 5.61. The smallest absolute Gasteiger partial charge is 0.191 e. The van der Waals surface area contributed by atoms with Gasteiger partial charge in [0.1, 0.15) is 12.4 Å². The van der Waals surface area contributed by atoms with E-state index in [0.29, 0.717) is 13.2 Å². The zero-order chi connectivity index (χ0) is 17.3. The van der Waals surface area contributed by atoms with Gasteiger partial charge >= 0.3 is 0 Å². The molecule has 1 heterocycles. The van der Waals surface area contributed by atoms with Crippen LogP contribution in [0, 0.1) is 0 Å². The quantitative estimate of drug-likeness (QED) is 0.292. The zero-order valence-corrected chi connectivity index (χ0v) is 17.4. The van der Waals surface area contributed by atoms with E-state index >= 15 is 0 Å². The molecular formula is C19H27IN4O. The lowest BCUT2D eigenvalue weighted by molar-refractivity contribution is 0.320. The first kappa shape index (κ1) is 21.2. The third kappa shape index (κ3) is 7.29. The maximum Gasteiger partial charge on any atom is 0.191 e. The Kier molecular flexibility index (Phi) is 9.26. The van der Waals surface area contributed by atoms with Crippen molar-refractivity contribution >= 4 is 29.9 Å². The lowest BCUT2D eigenvalue weighted by Crippen LogP contribution is -2.44. The van der Waals surface area contributed by atoms with Crippen molar-refractivity contribution in [3.05, 3.63) is 60.4 Å². The van der Waals surface area contributed by atoms with E-state index in [1.807, 2.05) is 18.2 Å². The lowest BCUT2D eigenvalue weighted by atomic mass is 9.85. The Bertz CT molecular complexity index is 632. The molecule has 0 fully saturated rings. The van der Waals surface area contributed by atoms with Crippen molar-refractivity contribution in [3.8, 4) is 5.75 Å². The number of nitrogens with one attached hydrogen (secondary N) is 2. The monoisotopic (exact) mass is 454 g/mol. The number of aliphatic imine (C=N–C) groups is 1. The van der Waals surface area contributed by atoms with Gasteiger partial charge in [0.2, 0.25) is 0 Å². The number of rotatable bonds is 7. The molecule has 5 nitrogen and oxygen atoms in total. The number of pyridine rings is 1. The highest BCUT2D eigenvalue weighted by Gasteiger charge is 2.20. The number of aromatic nitrogens is 1. The van der Waals surface area contributed by atoms with E-state index < -0.39 is 0 Å². The van der Waals surface area contributed by atoms with Gasteiger partial charge in [-0.05, 0) is 17.7 Å². The van der Waals surface area contributed by atoms with Gasteiger partial charge in [0.05, 0.1) is 12.7 Å². The Hall–Kier alpha value is -1.83. The fourth-order valence-corrected chi connectivity index (χ4v) is 2.29. The molecule has 2 aromatic rings. The van der Waals surface area contributed by atoms with Crippen LogP contribution in [0.5, 0.6) is 5.75 Å². The first-order chi connectivity index (χ1) is 11.6. The van der Waals surface area contributed by atoms with Crippen LogP contribution in [0.15, 0.2) is 59.9 Å². The molecular weight excluding hydrogens is 427 g/mol. The minimum atomic E-state index is 0. The molecule has 136 valence electrons. The highest BCUT2D eigenvalue weighted by Crippen LogP contribution is 2.21. The summed E-state index contributed by atoms with van der Waals surface area (Å²) in [5, 5.41) is 6.64. The Balaban J connectivity index is 0.00000312. The van der Waals surface area contributed by atoms with Crippen LogP contribution in [0.4, 0.5) is 0 Å². The summed E-state index contributed by atoms with van der Waals surface area (Å²) in [6.07, 6.45) is 3.43. The van der Waals surface area contributed by atoms with Gasteiger partial charge < -0.3 is 15.4 Å². The van der Waals surface area contributed by atoms with Crippen LogP contribution in [0.2, 0.25) is 0 Å². The molecule has 1 aromatic heterocycles. The first-order valence-corrected chi connectivity index (χ1v) is 8.15. The molecule has 2 rings (SSSR count). The Morgan fingerprint density at radius 3 is 2.52 bits per heavy atom. The third-order valence-electron chi connectivity index (χ3n) is 3.77. The lowest BCUT2D eigenvalue weighted by Gasteiger charge is -2.26. The van der Waals surface area contributed by atoms with Crippen LogP contribution < -0.4 is 15.4 Å². The molecule has 0 saturated carbocycles. The van der Waals surface area contributed by atoms with Gasteiger partial charge in [-0.1, -0.05) is 44.2 Å². The number of hydrogen-bond acceptors (Lipinski definition) is 3. The second kappa shape index (κ2) is 10.9. The van der Waals surface area contributed by atoms with E-state index in [1.54, 1.807) is 19.4 Å². The average molecular weight is 454 g/mol. The van der Waals surface area contributed by atoms with Gasteiger partial charge in [-0.15, -0.1) is 24.0 Å². The van der Waals surface area contributed by atoms with Crippen molar-refractivity contribution in [1.82, 2.24) is 15.6 Å². The summed E-state index contributed by atoms with van der Waals surface area (Å²) in [7, 11) is 1.77. The topological polar surface area (TPSA) is 58.5 Å². The van der Waals surface area contributed by atoms with E-state index in [2.05, 4.69) is 58.7 Å². The van der Waals surface area contributed by atoms with Crippen molar-refractivity contribution < 1.29 is 4.74 Å². The summed E-state index contributed by atoms with van der Waals surface area (Å²) >= 11 is 0. The van der Waals surface area contributed by atoms with E-state index in [4.69, 9.17) is 4.74 Å².